The smallest absolute Gasteiger partial charge is 0.255 e. The number of hydrogen-bond donors (Lipinski definition) is 2. The second kappa shape index (κ2) is 7.50. The van der Waals surface area contributed by atoms with Crippen LogP contribution in [0.1, 0.15) is 26.3 Å². The SMILES string of the molecule is CNC(=O)c1cccc(NC(=O)c2cc(OC)c(C)c(OC)c2)c1. The molecule has 2 aromatic rings. The molecule has 0 atom stereocenters. The van der Waals surface area contributed by atoms with Gasteiger partial charge in [0.25, 0.3) is 11.8 Å². The number of anilines is 1. The van der Waals surface area contributed by atoms with Crippen molar-refractivity contribution < 1.29 is 19.1 Å². The lowest BCUT2D eigenvalue weighted by Gasteiger charge is -2.13. The fourth-order valence-electron chi connectivity index (χ4n) is 2.30. The number of amides is 2. The highest BCUT2D eigenvalue weighted by Crippen LogP contribution is 2.29. The zero-order chi connectivity index (χ0) is 17.7. The van der Waals surface area contributed by atoms with Crippen molar-refractivity contribution in [1.82, 2.24) is 5.32 Å². The van der Waals surface area contributed by atoms with E-state index in [1.54, 1.807) is 43.4 Å². The third-order valence-electron chi connectivity index (χ3n) is 3.62. The Kier molecular flexibility index (Phi) is 5.42. The molecule has 0 radical (unpaired) electrons. The molecule has 2 rings (SSSR count). The summed E-state index contributed by atoms with van der Waals surface area (Å²) in [4.78, 5) is 24.2. The summed E-state index contributed by atoms with van der Waals surface area (Å²) in [5.74, 6) is 0.600. The Morgan fingerprint density at radius 2 is 1.54 bits per heavy atom. The molecule has 0 saturated carbocycles. The first-order valence-corrected chi connectivity index (χ1v) is 7.36. The van der Waals surface area contributed by atoms with Crippen LogP contribution in [0.15, 0.2) is 36.4 Å². The van der Waals surface area contributed by atoms with Crippen molar-refractivity contribution in [3.05, 3.63) is 53.1 Å². The van der Waals surface area contributed by atoms with Crippen LogP contribution in [0.5, 0.6) is 11.5 Å². The van der Waals surface area contributed by atoms with E-state index in [-0.39, 0.29) is 11.8 Å². The molecule has 2 aromatic carbocycles. The van der Waals surface area contributed by atoms with Gasteiger partial charge in [-0.05, 0) is 37.3 Å². The third-order valence-corrected chi connectivity index (χ3v) is 3.62. The van der Waals surface area contributed by atoms with Crippen molar-refractivity contribution in [1.29, 1.82) is 0 Å². The fourth-order valence-corrected chi connectivity index (χ4v) is 2.30. The van der Waals surface area contributed by atoms with E-state index in [0.717, 1.165) is 5.56 Å². The highest BCUT2D eigenvalue weighted by Gasteiger charge is 2.14. The number of rotatable bonds is 5. The number of carbonyl (C=O) groups is 2. The molecule has 0 aliphatic carbocycles. The topological polar surface area (TPSA) is 76.7 Å². The van der Waals surface area contributed by atoms with Gasteiger partial charge in [-0.15, -0.1) is 0 Å². The maximum absolute atomic E-state index is 12.5. The first kappa shape index (κ1) is 17.3. The number of hydrogen-bond acceptors (Lipinski definition) is 4. The van der Waals surface area contributed by atoms with Crippen LogP contribution in [0, 0.1) is 6.92 Å². The molecule has 0 fully saturated rings. The lowest BCUT2D eigenvalue weighted by Crippen LogP contribution is -2.18. The van der Waals surface area contributed by atoms with Crippen molar-refractivity contribution >= 4 is 17.5 Å². The van der Waals surface area contributed by atoms with E-state index in [9.17, 15) is 9.59 Å². The Morgan fingerprint density at radius 3 is 2.08 bits per heavy atom. The number of nitrogens with one attached hydrogen (secondary N) is 2. The zero-order valence-electron chi connectivity index (χ0n) is 14.1. The maximum Gasteiger partial charge on any atom is 0.255 e. The highest BCUT2D eigenvalue weighted by molar-refractivity contribution is 6.05. The summed E-state index contributed by atoms with van der Waals surface area (Å²) in [7, 11) is 4.63. The zero-order valence-corrected chi connectivity index (χ0v) is 14.1. The molecular formula is C18H20N2O4. The van der Waals surface area contributed by atoms with Gasteiger partial charge in [0.1, 0.15) is 11.5 Å². The van der Waals surface area contributed by atoms with Gasteiger partial charge in [0.2, 0.25) is 0 Å². The summed E-state index contributed by atoms with van der Waals surface area (Å²) < 4.78 is 10.6. The van der Waals surface area contributed by atoms with Gasteiger partial charge in [-0.25, -0.2) is 0 Å². The monoisotopic (exact) mass is 328 g/mol. The molecule has 0 heterocycles. The quantitative estimate of drug-likeness (QED) is 0.884. The van der Waals surface area contributed by atoms with E-state index < -0.39 is 0 Å². The fraction of sp³-hybridized carbons (Fsp3) is 0.222. The lowest BCUT2D eigenvalue weighted by molar-refractivity contribution is 0.0961. The lowest BCUT2D eigenvalue weighted by atomic mass is 10.1. The van der Waals surface area contributed by atoms with Crippen LogP contribution >= 0.6 is 0 Å². The van der Waals surface area contributed by atoms with Gasteiger partial charge in [0, 0.05) is 29.4 Å². The number of carbonyl (C=O) groups excluding carboxylic acids is 2. The van der Waals surface area contributed by atoms with Crippen LogP contribution in [0.4, 0.5) is 5.69 Å². The second-order valence-electron chi connectivity index (χ2n) is 5.12. The van der Waals surface area contributed by atoms with Gasteiger partial charge in [0.05, 0.1) is 14.2 Å². The largest absolute Gasteiger partial charge is 0.496 e. The molecule has 2 N–H and O–H groups in total. The third kappa shape index (κ3) is 3.65. The van der Waals surface area contributed by atoms with Crippen molar-refractivity contribution in [3.8, 4) is 11.5 Å². The molecule has 0 bridgehead atoms. The van der Waals surface area contributed by atoms with Crippen molar-refractivity contribution in [2.45, 2.75) is 6.92 Å². The second-order valence-corrected chi connectivity index (χ2v) is 5.12. The van der Waals surface area contributed by atoms with Crippen LogP contribution in [-0.4, -0.2) is 33.1 Å². The number of ether oxygens (including phenoxy) is 2. The number of methoxy groups -OCH3 is 2. The highest BCUT2D eigenvalue weighted by atomic mass is 16.5. The Balaban J connectivity index is 2.29. The van der Waals surface area contributed by atoms with Crippen LogP contribution in [-0.2, 0) is 0 Å². The van der Waals surface area contributed by atoms with Crippen LogP contribution in [0.3, 0.4) is 0 Å². The van der Waals surface area contributed by atoms with E-state index in [0.29, 0.717) is 28.3 Å². The van der Waals surface area contributed by atoms with E-state index in [1.165, 1.54) is 14.2 Å². The predicted octanol–water partition coefficient (Wildman–Crippen LogP) is 2.62. The van der Waals surface area contributed by atoms with Crippen molar-refractivity contribution in [3.63, 3.8) is 0 Å². The van der Waals surface area contributed by atoms with Gasteiger partial charge in [-0.1, -0.05) is 6.07 Å². The molecule has 6 nitrogen and oxygen atoms in total. The maximum atomic E-state index is 12.5. The van der Waals surface area contributed by atoms with E-state index in [4.69, 9.17) is 9.47 Å². The van der Waals surface area contributed by atoms with Gasteiger partial charge in [-0.2, -0.15) is 0 Å². The molecule has 2 amide bonds. The van der Waals surface area contributed by atoms with E-state index in [2.05, 4.69) is 10.6 Å². The molecule has 24 heavy (non-hydrogen) atoms. The van der Waals surface area contributed by atoms with E-state index in [1.807, 2.05) is 6.92 Å². The van der Waals surface area contributed by atoms with Crippen LogP contribution in [0.25, 0.3) is 0 Å². The first-order valence-electron chi connectivity index (χ1n) is 7.36. The summed E-state index contributed by atoms with van der Waals surface area (Å²) in [6.45, 7) is 1.85. The molecule has 0 unspecified atom stereocenters. The summed E-state index contributed by atoms with van der Waals surface area (Å²) in [6, 6.07) is 10.0. The van der Waals surface area contributed by atoms with Gasteiger partial charge < -0.3 is 20.1 Å². The molecule has 0 aliphatic heterocycles. The van der Waals surface area contributed by atoms with Crippen molar-refractivity contribution in [2.75, 3.05) is 26.6 Å². The van der Waals surface area contributed by atoms with Crippen LogP contribution in [0.2, 0.25) is 0 Å². The Labute approximate surface area is 140 Å². The first-order chi connectivity index (χ1) is 11.5. The molecule has 0 spiro atoms. The van der Waals surface area contributed by atoms with Crippen LogP contribution < -0.4 is 20.1 Å². The standard InChI is InChI=1S/C18H20N2O4/c1-11-15(23-3)9-13(10-16(11)24-4)18(22)20-14-7-5-6-12(8-14)17(21)19-2/h5-10H,1-4H3,(H,19,21)(H,20,22). The average molecular weight is 328 g/mol. The molecule has 0 saturated heterocycles. The molecule has 0 aliphatic rings. The Morgan fingerprint density at radius 1 is 0.917 bits per heavy atom. The number of benzene rings is 2. The minimum atomic E-state index is -0.319. The normalized spacial score (nSPS) is 10.0. The molecule has 6 heteroatoms. The molecular weight excluding hydrogens is 308 g/mol. The van der Waals surface area contributed by atoms with E-state index >= 15 is 0 Å². The average Bonchev–Trinajstić information content (AvgIpc) is 2.61. The summed E-state index contributed by atoms with van der Waals surface area (Å²) in [6.07, 6.45) is 0. The minimum absolute atomic E-state index is 0.218. The summed E-state index contributed by atoms with van der Waals surface area (Å²) in [5.41, 5.74) is 2.21. The van der Waals surface area contributed by atoms with Gasteiger partial charge in [-0.3, -0.25) is 9.59 Å². The Hall–Kier alpha value is -3.02. The summed E-state index contributed by atoms with van der Waals surface area (Å²) >= 11 is 0. The summed E-state index contributed by atoms with van der Waals surface area (Å²) in [5, 5.41) is 5.31. The minimum Gasteiger partial charge on any atom is -0.496 e. The molecule has 126 valence electrons. The van der Waals surface area contributed by atoms with Gasteiger partial charge in [0.15, 0.2) is 0 Å². The van der Waals surface area contributed by atoms with Gasteiger partial charge >= 0.3 is 0 Å². The predicted molar refractivity (Wildman–Crippen MR) is 92.1 cm³/mol. The molecule has 0 aromatic heterocycles. The van der Waals surface area contributed by atoms with Crippen molar-refractivity contribution in [2.24, 2.45) is 0 Å². The Bertz CT molecular complexity index is 746.